The van der Waals surface area contributed by atoms with E-state index in [1.54, 1.807) is 7.11 Å². The fourth-order valence-corrected chi connectivity index (χ4v) is 4.09. The fraction of sp³-hybridized carbons (Fsp3) is 0.625. The first-order chi connectivity index (χ1) is 9.64. The second kappa shape index (κ2) is 5.66. The predicted molar refractivity (Wildman–Crippen MR) is 81.3 cm³/mol. The van der Waals surface area contributed by atoms with E-state index in [1.807, 2.05) is 0 Å². The lowest BCUT2D eigenvalue weighted by atomic mass is 9.89. The van der Waals surface area contributed by atoms with Crippen LogP contribution < -0.4 is 4.74 Å². The number of methoxy groups -OCH3 is 1. The van der Waals surface area contributed by atoms with Gasteiger partial charge in [0, 0.05) is 24.4 Å². The smallest absolute Gasteiger partial charge is 0.125 e. The average Bonchev–Trinajstić information content (AvgIpc) is 3.07. The molecule has 2 aliphatic rings. The van der Waals surface area contributed by atoms with E-state index in [0.29, 0.717) is 6.42 Å². The number of hydrogen-bond donors (Lipinski definition) is 1. The highest BCUT2D eigenvalue weighted by molar-refractivity contribution is 9.10. The van der Waals surface area contributed by atoms with Crippen molar-refractivity contribution in [2.45, 2.75) is 50.2 Å². The van der Waals surface area contributed by atoms with Crippen LogP contribution in [-0.4, -0.2) is 30.5 Å². The number of aliphatic hydroxyl groups excluding tert-OH is 1. The van der Waals surface area contributed by atoms with Crippen molar-refractivity contribution < 1.29 is 14.6 Å². The lowest BCUT2D eigenvalue weighted by molar-refractivity contribution is -0.0972. The van der Waals surface area contributed by atoms with E-state index in [9.17, 15) is 5.11 Å². The zero-order valence-corrected chi connectivity index (χ0v) is 13.4. The van der Waals surface area contributed by atoms with Crippen LogP contribution in [0.3, 0.4) is 0 Å². The number of aliphatic hydroxyl groups is 1. The van der Waals surface area contributed by atoms with Gasteiger partial charge < -0.3 is 14.6 Å². The van der Waals surface area contributed by atoms with Crippen LogP contribution >= 0.6 is 15.9 Å². The summed E-state index contributed by atoms with van der Waals surface area (Å²) >= 11 is 3.55. The lowest BCUT2D eigenvalue weighted by Crippen LogP contribution is -2.42. The molecule has 3 rings (SSSR count). The summed E-state index contributed by atoms with van der Waals surface area (Å²) in [6, 6.07) is 4.17. The molecule has 1 N–H and O–H groups in total. The van der Waals surface area contributed by atoms with E-state index >= 15 is 0 Å². The number of rotatable bonds is 4. The predicted octanol–water partition coefficient (Wildman–Crippen LogP) is 3.25. The zero-order valence-electron chi connectivity index (χ0n) is 11.8. The van der Waals surface area contributed by atoms with Crippen molar-refractivity contribution in [3.05, 3.63) is 27.7 Å². The Balaban J connectivity index is 1.84. The van der Waals surface area contributed by atoms with Gasteiger partial charge in [0.1, 0.15) is 5.75 Å². The highest BCUT2D eigenvalue weighted by Gasteiger charge is 2.41. The molecule has 1 heterocycles. The summed E-state index contributed by atoms with van der Waals surface area (Å²) in [5.41, 5.74) is 1.95. The molecule has 1 aliphatic heterocycles. The van der Waals surface area contributed by atoms with Gasteiger partial charge in [-0.05, 0) is 36.1 Å². The van der Waals surface area contributed by atoms with E-state index in [-0.39, 0.29) is 5.60 Å². The average molecular weight is 341 g/mol. The molecule has 1 aromatic rings. The Kier molecular flexibility index (Phi) is 4.07. The van der Waals surface area contributed by atoms with Crippen molar-refractivity contribution in [2.75, 3.05) is 13.7 Å². The number of halogens is 1. The molecule has 1 unspecified atom stereocenters. The third-order valence-electron chi connectivity index (χ3n) is 4.70. The lowest BCUT2D eigenvalue weighted by Gasteiger charge is -2.33. The number of fused-ring (bicyclic) bond motifs is 1. The molecule has 0 bridgehead atoms. The first-order valence-corrected chi connectivity index (χ1v) is 8.11. The molecule has 1 atom stereocenters. The monoisotopic (exact) mass is 340 g/mol. The van der Waals surface area contributed by atoms with Gasteiger partial charge in [0.25, 0.3) is 0 Å². The maximum atomic E-state index is 10.7. The topological polar surface area (TPSA) is 38.7 Å². The molecule has 20 heavy (non-hydrogen) atoms. The molecule has 1 saturated carbocycles. The molecule has 0 amide bonds. The minimum absolute atomic E-state index is 0.367. The van der Waals surface area contributed by atoms with Gasteiger partial charge in [0.2, 0.25) is 0 Å². The first kappa shape index (κ1) is 14.4. The maximum absolute atomic E-state index is 10.7. The maximum Gasteiger partial charge on any atom is 0.125 e. The third-order valence-corrected chi connectivity index (χ3v) is 5.16. The number of ether oxygens (including phenoxy) is 2. The van der Waals surface area contributed by atoms with E-state index in [4.69, 9.17) is 9.47 Å². The van der Waals surface area contributed by atoms with E-state index in [0.717, 1.165) is 54.5 Å². The van der Waals surface area contributed by atoms with E-state index in [2.05, 4.69) is 28.1 Å². The van der Waals surface area contributed by atoms with Crippen LogP contribution in [0.2, 0.25) is 0 Å². The fourth-order valence-electron chi connectivity index (χ4n) is 3.54. The minimum Gasteiger partial charge on any atom is -0.493 e. The highest BCUT2D eigenvalue weighted by atomic mass is 79.9. The van der Waals surface area contributed by atoms with Gasteiger partial charge >= 0.3 is 0 Å². The summed E-state index contributed by atoms with van der Waals surface area (Å²) in [6.07, 6.45) is 5.24. The third kappa shape index (κ3) is 2.49. The van der Waals surface area contributed by atoms with Gasteiger partial charge in [-0.2, -0.15) is 0 Å². The Labute approximate surface area is 128 Å². The molecule has 0 spiro atoms. The quantitative estimate of drug-likeness (QED) is 0.914. The van der Waals surface area contributed by atoms with Gasteiger partial charge in [0.05, 0.1) is 18.3 Å². The van der Waals surface area contributed by atoms with Gasteiger partial charge in [-0.15, -0.1) is 0 Å². The zero-order chi connectivity index (χ0) is 14.2. The van der Waals surface area contributed by atoms with Crippen LogP contribution in [0, 0.1) is 0 Å². The van der Waals surface area contributed by atoms with Crippen molar-refractivity contribution in [3.8, 4) is 5.75 Å². The summed E-state index contributed by atoms with van der Waals surface area (Å²) in [7, 11) is 1.72. The standard InChI is InChI=1S/C16H21BrO3/c1-19-16(5-2-3-6-16)14(18)10-12-9-13(17)8-11-4-7-20-15(11)12/h8-9,14,18H,2-7,10H2,1H3. The van der Waals surface area contributed by atoms with Crippen molar-refractivity contribution in [2.24, 2.45) is 0 Å². The summed E-state index contributed by atoms with van der Waals surface area (Å²) in [5.74, 6) is 0.969. The van der Waals surface area contributed by atoms with Crippen LogP contribution in [0.5, 0.6) is 5.75 Å². The summed E-state index contributed by atoms with van der Waals surface area (Å²) in [5, 5.41) is 10.7. The molecule has 3 nitrogen and oxygen atoms in total. The molecule has 0 radical (unpaired) electrons. The van der Waals surface area contributed by atoms with Crippen LogP contribution in [0.4, 0.5) is 0 Å². The first-order valence-electron chi connectivity index (χ1n) is 7.32. The van der Waals surface area contributed by atoms with Crippen molar-refractivity contribution in [1.29, 1.82) is 0 Å². The molecular formula is C16H21BrO3. The van der Waals surface area contributed by atoms with E-state index < -0.39 is 6.10 Å². The Morgan fingerprint density at radius 2 is 2.15 bits per heavy atom. The molecule has 0 aromatic heterocycles. The van der Waals surface area contributed by atoms with Gasteiger partial charge in [0.15, 0.2) is 0 Å². The Morgan fingerprint density at radius 3 is 2.85 bits per heavy atom. The number of hydrogen-bond acceptors (Lipinski definition) is 3. The van der Waals surface area contributed by atoms with Gasteiger partial charge in [-0.1, -0.05) is 28.8 Å². The molecule has 4 heteroatoms. The van der Waals surface area contributed by atoms with Gasteiger partial charge in [-0.3, -0.25) is 0 Å². The van der Waals surface area contributed by atoms with Crippen LogP contribution in [0.1, 0.15) is 36.8 Å². The van der Waals surface area contributed by atoms with Crippen molar-refractivity contribution >= 4 is 15.9 Å². The Hall–Kier alpha value is -0.580. The van der Waals surface area contributed by atoms with Crippen molar-refractivity contribution in [3.63, 3.8) is 0 Å². The van der Waals surface area contributed by atoms with Crippen LogP contribution in [0.25, 0.3) is 0 Å². The molecule has 1 fully saturated rings. The molecule has 1 aromatic carbocycles. The highest BCUT2D eigenvalue weighted by Crippen LogP contribution is 2.39. The van der Waals surface area contributed by atoms with Crippen LogP contribution in [0.15, 0.2) is 16.6 Å². The molecule has 1 aliphatic carbocycles. The second-order valence-electron chi connectivity index (χ2n) is 5.85. The normalized spacial score (nSPS) is 21.6. The Morgan fingerprint density at radius 1 is 1.40 bits per heavy atom. The molecular weight excluding hydrogens is 320 g/mol. The second-order valence-corrected chi connectivity index (χ2v) is 6.76. The number of benzene rings is 1. The van der Waals surface area contributed by atoms with Crippen molar-refractivity contribution in [1.82, 2.24) is 0 Å². The summed E-state index contributed by atoms with van der Waals surface area (Å²) < 4.78 is 12.5. The molecule has 0 saturated heterocycles. The molecule has 110 valence electrons. The van der Waals surface area contributed by atoms with Crippen LogP contribution in [-0.2, 0) is 17.6 Å². The minimum atomic E-state index is -0.474. The summed E-state index contributed by atoms with van der Waals surface area (Å²) in [6.45, 7) is 0.740. The largest absolute Gasteiger partial charge is 0.493 e. The van der Waals surface area contributed by atoms with Gasteiger partial charge in [-0.25, -0.2) is 0 Å². The van der Waals surface area contributed by atoms with E-state index in [1.165, 1.54) is 5.56 Å². The summed E-state index contributed by atoms with van der Waals surface area (Å²) in [4.78, 5) is 0. The Bertz CT molecular complexity index is 495. The SMILES string of the molecule is COC1(C(O)Cc2cc(Br)cc3c2OCC3)CCCC1.